The zero-order valence-electron chi connectivity index (χ0n) is 17.3. The Morgan fingerprint density at radius 3 is 2.48 bits per heavy atom. The van der Waals surface area contributed by atoms with Crippen molar-refractivity contribution in [3.8, 4) is 5.75 Å². The number of ether oxygens (including phenoxy) is 1. The smallest absolute Gasteiger partial charge is 0.436 e. The maximum absolute atomic E-state index is 12.5. The first kappa shape index (κ1) is 24.0. The number of methoxy groups -OCH3 is 1. The van der Waals surface area contributed by atoms with Gasteiger partial charge in [0.05, 0.1) is 12.7 Å². The first-order valence-corrected chi connectivity index (χ1v) is 9.47. The Morgan fingerprint density at radius 1 is 1.19 bits per heavy atom. The number of nitrogens with zero attached hydrogens (tertiary/aromatic N) is 2. The van der Waals surface area contributed by atoms with Crippen molar-refractivity contribution in [2.45, 2.75) is 20.0 Å². The van der Waals surface area contributed by atoms with Crippen molar-refractivity contribution >= 4 is 23.6 Å². The molecule has 2 aromatic rings. The van der Waals surface area contributed by atoms with Gasteiger partial charge in [0.25, 0.3) is 5.91 Å². The Morgan fingerprint density at radius 2 is 1.90 bits per heavy atom. The van der Waals surface area contributed by atoms with Crippen molar-refractivity contribution in [1.29, 1.82) is 0 Å². The molecule has 31 heavy (non-hydrogen) atoms. The molecule has 0 aliphatic carbocycles. The number of hydrogen-bond donors (Lipinski definition) is 3. The maximum atomic E-state index is 12.5. The van der Waals surface area contributed by atoms with Crippen LogP contribution in [0.25, 0.3) is 0 Å². The van der Waals surface area contributed by atoms with Crippen LogP contribution in [-0.2, 0) is 6.18 Å². The van der Waals surface area contributed by atoms with Crippen molar-refractivity contribution in [2.75, 3.05) is 43.9 Å². The molecule has 3 N–H and O–H groups in total. The summed E-state index contributed by atoms with van der Waals surface area (Å²) in [6, 6.07) is 2.84. The fourth-order valence-corrected chi connectivity index (χ4v) is 2.64. The molecule has 0 atom stereocenters. The van der Waals surface area contributed by atoms with E-state index in [4.69, 9.17) is 4.74 Å². The highest BCUT2D eigenvalue weighted by molar-refractivity contribution is 6.00. The average Bonchev–Trinajstić information content (AvgIpc) is 3.19. The lowest BCUT2D eigenvalue weighted by Gasteiger charge is -2.18. The Labute approximate surface area is 176 Å². The Balaban J connectivity index is 1.98. The second-order valence-electron chi connectivity index (χ2n) is 6.31. The molecule has 0 bridgehead atoms. The first-order chi connectivity index (χ1) is 14.7. The number of carbonyl (C=O) groups is 2. The van der Waals surface area contributed by atoms with Crippen molar-refractivity contribution in [3.63, 3.8) is 0 Å². The first-order valence-electron chi connectivity index (χ1n) is 9.47. The molecule has 0 aliphatic rings. The molecule has 2 rings (SSSR count). The Hall–Kier alpha value is -3.28. The van der Waals surface area contributed by atoms with Gasteiger partial charge in [-0.1, -0.05) is 13.8 Å². The van der Waals surface area contributed by atoms with E-state index in [-0.39, 0.29) is 22.9 Å². The van der Waals surface area contributed by atoms with Crippen molar-refractivity contribution < 1.29 is 31.9 Å². The number of aromatic nitrogens is 1. The van der Waals surface area contributed by atoms with E-state index in [0.29, 0.717) is 19.4 Å². The summed E-state index contributed by atoms with van der Waals surface area (Å²) in [4.78, 5) is 29.7. The highest BCUT2D eigenvalue weighted by Crippen LogP contribution is 2.29. The van der Waals surface area contributed by atoms with Gasteiger partial charge in [-0.15, -0.1) is 0 Å². The third-order valence-electron chi connectivity index (χ3n) is 4.33. The van der Waals surface area contributed by atoms with E-state index in [1.807, 2.05) is 13.8 Å². The van der Waals surface area contributed by atoms with Gasteiger partial charge in [0.2, 0.25) is 0 Å². The third-order valence-corrected chi connectivity index (χ3v) is 4.33. The number of amides is 3. The van der Waals surface area contributed by atoms with Gasteiger partial charge in [0.15, 0.2) is 5.69 Å². The number of urea groups is 1. The normalized spacial score (nSPS) is 11.3. The standard InChI is InChI=1S/C19H24F3N5O4/c1-4-27(5-2)9-8-23-16(28)13-7-6-12(10-14(13)30-3)24-17(29)26-18-25-15(11-31-18)19(20,21)22/h6-7,10-11H,4-5,8-9H2,1-3H3,(H,23,28)(H2,24,25,26,29). The minimum atomic E-state index is -4.69. The van der Waals surface area contributed by atoms with Crippen LogP contribution in [0.1, 0.15) is 29.9 Å². The second-order valence-corrected chi connectivity index (χ2v) is 6.31. The summed E-state index contributed by atoms with van der Waals surface area (Å²) < 4.78 is 47.4. The second kappa shape index (κ2) is 10.7. The summed E-state index contributed by atoms with van der Waals surface area (Å²) in [7, 11) is 1.37. The predicted octanol–water partition coefficient (Wildman–Crippen LogP) is 3.42. The summed E-state index contributed by atoms with van der Waals surface area (Å²) in [6.07, 6.45) is -4.29. The van der Waals surface area contributed by atoms with Crippen LogP contribution in [0.15, 0.2) is 28.9 Å². The summed E-state index contributed by atoms with van der Waals surface area (Å²) in [5, 5.41) is 7.26. The zero-order chi connectivity index (χ0) is 23.0. The maximum Gasteiger partial charge on any atom is 0.436 e. The van der Waals surface area contributed by atoms with Gasteiger partial charge in [-0.3, -0.25) is 10.1 Å². The van der Waals surface area contributed by atoms with Crippen LogP contribution in [0, 0.1) is 0 Å². The number of nitrogens with one attached hydrogen (secondary N) is 3. The molecular weight excluding hydrogens is 419 g/mol. The van der Waals surface area contributed by atoms with E-state index in [1.165, 1.54) is 25.3 Å². The van der Waals surface area contributed by atoms with Crippen LogP contribution in [-0.4, -0.2) is 55.1 Å². The molecule has 0 fully saturated rings. The van der Waals surface area contributed by atoms with E-state index in [0.717, 1.165) is 13.1 Å². The number of rotatable bonds is 9. The van der Waals surface area contributed by atoms with Crippen molar-refractivity contribution in [2.24, 2.45) is 0 Å². The number of anilines is 2. The number of carbonyl (C=O) groups excluding carboxylic acids is 2. The molecule has 0 saturated carbocycles. The SMILES string of the molecule is CCN(CC)CCNC(=O)c1ccc(NC(=O)Nc2nc(C(F)(F)F)co2)cc1OC. The van der Waals surface area contributed by atoms with Gasteiger partial charge in [-0.05, 0) is 25.2 Å². The minimum absolute atomic E-state index is 0.216. The lowest BCUT2D eigenvalue weighted by atomic mass is 10.1. The summed E-state index contributed by atoms with van der Waals surface area (Å²) in [5.74, 6) is -0.118. The quantitative estimate of drug-likeness (QED) is 0.548. The molecule has 1 aromatic carbocycles. The van der Waals surface area contributed by atoms with E-state index in [1.54, 1.807) is 0 Å². The van der Waals surface area contributed by atoms with Gasteiger partial charge < -0.3 is 24.7 Å². The fourth-order valence-electron chi connectivity index (χ4n) is 2.64. The van der Waals surface area contributed by atoms with Crippen LogP contribution in [0.4, 0.5) is 29.7 Å². The molecule has 0 spiro atoms. The van der Waals surface area contributed by atoms with Gasteiger partial charge in [-0.2, -0.15) is 18.2 Å². The van der Waals surface area contributed by atoms with Crippen molar-refractivity contribution in [3.05, 3.63) is 35.7 Å². The molecule has 1 aromatic heterocycles. The van der Waals surface area contributed by atoms with Gasteiger partial charge >= 0.3 is 18.2 Å². The summed E-state index contributed by atoms with van der Waals surface area (Å²) in [6.45, 7) is 6.99. The highest BCUT2D eigenvalue weighted by Gasteiger charge is 2.35. The van der Waals surface area contributed by atoms with Crippen LogP contribution in [0.2, 0.25) is 0 Å². The van der Waals surface area contributed by atoms with Gasteiger partial charge in [0.1, 0.15) is 12.0 Å². The third kappa shape index (κ3) is 6.88. The molecular formula is C19H24F3N5O4. The predicted molar refractivity (Wildman–Crippen MR) is 107 cm³/mol. The largest absolute Gasteiger partial charge is 0.496 e. The lowest BCUT2D eigenvalue weighted by molar-refractivity contribution is -0.141. The van der Waals surface area contributed by atoms with E-state index in [2.05, 4.69) is 30.3 Å². The van der Waals surface area contributed by atoms with Crippen LogP contribution in [0.3, 0.4) is 0 Å². The molecule has 3 amide bonds. The fraction of sp³-hybridized carbons (Fsp3) is 0.421. The van der Waals surface area contributed by atoms with E-state index >= 15 is 0 Å². The Bertz CT molecular complexity index is 897. The summed E-state index contributed by atoms with van der Waals surface area (Å²) >= 11 is 0. The minimum Gasteiger partial charge on any atom is -0.496 e. The molecule has 0 saturated heterocycles. The summed E-state index contributed by atoms with van der Waals surface area (Å²) in [5.41, 5.74) is -0.743. The van der Waals surface area contributed by atoms with Gasteiger partial charge in [-0.25, -0.2) is 4.79 Å². The average molecular weight is 443 g/mol. The lowest BCUT2D eigenvalue weighted by Crippen LogP contribution is -2.34. The Kier molecular flexibility index (Phi) is 8.25. The molecule has 9 nitrogen and oxygen atoms in total. The highest BCUT2D eigenvalue weighted by atomic mass is 19.4. The van der Waals surface area contributed by atoms with Crippen LogP contribution >= 0.6 is 0 Å². The van der Waals surface area contributed by atoms with Crippen molar-refractivity contribution in [1.82, 2.24) is 15.2 Å². The molecule has 12 heteroatoms. The number of likely N-dealkylation sites (N-methyl/N-ethyl adjacent to an activating group) is 1. The van der Waals surface area contributed by atoms with Crippen LogP contribution < -0.4 is 20.7 Å². The zero-order valence-corrected chi connectivity index (χ0v) is 17.3. The molecule has 0 aliphatic heterocycles. The molecule has 0 unspecified atom stereocenters. The topological polar surface area (TPSA) is 109 Å². The number of oxazole rings is 1. The number of benzene rings is 1. The van der Waals surface area contributed by atoms with E-state index < -0.39 is 23.9 Å². The number of hydrogen-bond acceptors (Lipinski definition) is 6. The number of alkyl halides is 3. The molecule has 0 radical (unpaired) electrons. The van der Waals surface area contributed by atoms with E-state index in [9.17, 15) is 22.8 Å². The van der Waals surface area contributed by atoms with Gasteiger partial charge in [0, 0.05) is 24.8 Å². The molecule has 1 heterocycles. The number of halogens is 3. The van der Waals surface area contributed by atoms with Crippen LogP contribution in [0.5, 0.6) is 5.75 Å². The monoisotopic (exact) mass is 443 g/mol. The molecule has 170 valence electrons.